The van der Waals surface area contributed by atoms with Crippen LogP contribution in [0, 0.1) is 5.92 Å². The summed E-state index contributed by atoms with van der Waals surface area (Å²) in [5.74, 6) is 0.000782. The third-order valence-electron chi connectivity index (χ3n) is 4.34. The van der Waals surface area contributed by atoms with Gasteiger partial charge in [-0.3, -0.25) is 14.5 Å². The zero-order valence-corrected chi connectivity index (χ0v) is 13.2. The van der Waals surface area contributed by atoms with Crippen LogP contribution in [-0.2, 0) is 14.3 Å². The average Bonchev–Trinajstić information content (AvgIpc) is 2.48. The Morgan fingerprint density at radius 2 is 1.86 bits per heavy atom. The minimum atomic E-state index is -0.116. The molecule has 2 aliphatic rings. The van der Waals surface area contributed by atoms with E-state index in [9.17, 15) is 9.59 Å². The molecule has 6 heteroatoms. The normalized spacial score (nSPS) is 24.9. The number of amides is 1. The van der Waals surface area contributed by atoms with Gasteiger partial charge in [-0.05, 0) is 33.4 Å². The first-order valence-corrected chi connectivity index (χ1v) is 7.95. The lowest BCUT2D eigenvalue weighted by Gasteiger charge is -2.36. The summed E-state index contributed by atoms with van der Waals surface area (Å²) in [6.45, 7) is 7.74. The Morgan fingerprint density at radius 3 is 2.52 bits per heavy atom. The van der Waals surface area contributed by atoms with E-state index in [1.54, 1.807) is 0 Å². The Balaban J connectivity index is 1.79. The number of carbonyl (C=O) groups is 2. The van der Waals surface area contributed by atoms with Gasteiger partial charge in [0.1, 0.15) is 0 Å². The highest BCUT2D eigenvalue weighted by molar-refractivity contribution is 5.78. The molecule has 1 atom stereocenters. The van der Waals surface area contributed by atoms with Crippen molar-refractivity contribution in [2.45, 2.75) is 19.8 Å². The number of nitrogens with zero attached hydrogens (tertiary/aromatic N) is 3. The van der Waals surface area contributed by atoms with Gasteiger partial charge in [-0.1, -0.05) is 0 Å². The molecule has 6 nitrogen and oxygen atoms in total. The van der Waals surface area contributed by atoms with Crippen molar-refractivity contribution in [1.29, 1.82) is 0 Å². The SMILES string of the molecule is CCOC(=O)[C@H]1CCCN(CC(=O)N2CCN(C)CC2)C1. The van der Waals surface area contributed by atoms with Gasteiger partial charge in [-0.2, -0.15) is 0 Å². The van der Waals surface area contributed by atoms with Gasteiger partial charge in [0.2, 0.25) is 5.91 Å². The predicted octanol–water partition coefficient (Wildman–Crippen LogP) is 0.0355. The standard InChI is InChI=1S/C15H27N3O3/c1-3-21-15(20)13-5-4-6-17(11-13)12-14(19)18-9-7-16(2)8-10-18/h13H,3-12H2,1-2H3/t13-/m0/s1. The van der Waals surface area contributed by atoms with Crippen LogP contribution in [0.15, 0.2) is 0 Å². The molecule has 0 unspecified atom stereocenters. The zero-order valence-electron chi connectivity index (χ0n) is 13.2. The van der Waals surface area contributed by atoms with E-state index in [0.717, 1.165) is 45.6 Å². The highest BCUT2D eigenvalue weighted by Crippen LogP contribution is 2.18. The lowest BCUT2D eigenvalue weighted by molar-refractivity contribution is -0.150. The number of rotatable bonds is 4. The molecule has 2 heterocycles. The molecule has 0 aromatic rings. The topological polar surface area (TPSA) is 53.1 Å². The number of piperazine rings is 1. The van der Waals surface area contributed by atoms with E-state index in [0.29, 0.717) is 19.7 Å². The fourth-order valence-electron chi connectivity index (χ4n) is 3.00. The van der Waals surface area contributed by atoms with Gasteiger partial charge >= 0.3 is 5.97 Å². The summed E-state index contributed by atoms with van der Waals surface area (Å²) in [7, 11) is 2.08. The second-order valence-corrected chi connectivity index (χ2v) is 6.01. The first kappa shape index (κ1) is 16.2. The van der Waals surface area contributed by atoms with Crippen LogP contribution in [-0.4, -0.2) is 86.0 Å². The van der Waals surface area contributed by atoms with E-state index in [1.807, 2.05) is 11.8 Å². The van der Waals surface area contributed by atoms with Crippen LogP contribution in [0.25, 0.3) is 0 Å². The summed E-state index contributed by atoms with van der Waals surface area (Å²) in [5.41, 5.74) is 0. The molecule has 2 saturated heterocycles. The highest BCUT2D eigenvalue weighted by Gasteiger charge is 2.29. The van der Waals surface area contributed by atoms with Gasteiger partial charge in [-0.25, -0.2) is 0 Å². The number of piperidine rings is 1. The number of ether oxygens (including phenoxy) is 1. The Kier molecular flexibility index (Phi) is 5.99. The van der Waals surface area contributed by atoms with Crippen LogP contribution in [0.5, 0.6) is 0 Å². The molecule has 2 aliphatic heterocycles. The Hall–Kier alpha value is -1.14. The molecule has 0 radical (unpaired) electrons. The summed E-state index contributed by atoms with van der Waals surface area (Å²) in [5, 5.41) is 0. The van der Waals surface area contributed by atoms with Crippen molar-refractivity contribution in [3.63, 3.8) is 0 Å². The van der Waals surface area contributed by atoms with Gasteiger partial charge in [-0.15, -0.1) is 0 Å². The minimum Gasteiger partial charge on any atom is -0.466 e. The highest BCUT2D eigenvalue weighted by atomic mass is 16.5. The number of hydrogen-bond donors (Lipinski definition) is 0. The second-order valence-electron chi connectivity index (χ2n) is 6.01. The van der Waals surface area contributed by atoms with Crippen LogP contribution in [0.1, 0.15) is 19.8 Å². The maximum Gasteiger partial charge on any atom is 0.310 e. The van der Waals surface area contributed by atoms with Gasteiger partial charge in [0.25, 0.3) is 0 Å². The van der Waals surface area contributed by atoms with Crippen molar-refractivity contribution < 1.29 is 14.3 Å². The molecule has 0 saturated carbocycles. The number of carbonyl (C=O) groups excluding carboxylic acids is 2. The van der Waals surface area contributed by atoms with Crippen molar-refractivity contribution in [3.05, 3.63) is 0 Å². The Labute approximate surface area is 127 Å². The third-order valence-corrected chi connectivity index (χ3v) is 4.34. The quantitative estimate of drug-likeness (QED) is 0.686. The molecule has 0 bridgehead atoms. The second kappa shape index (κ2) is 7.75. The number of likely N-dealkylation sites (N-methyl/N-ethyl adjacent to an activating group) is 1. The van der Waals surface area contributed by atoms with Crippen LogP contribution in [0.4, 0.5) is 0 Å². The molecule has 0 aromatic carbocycles. The van der Waals surface area contributed by atoms with Gasteiger partial charge < -0.3 is 14.5 Å². The zero-order chi connectivity index (χ0) is 15.2. The molecule has 0 N–H and O–H groups in total. The number of likely N-dealkylation sites (tertiary alicyclic amines) is 1. The van der Waals surface area contributed by atoms with Gasteiger partial charge in [0.05, 0.1) is 19.1 Å². The monoisotopic (exact) mass is 297 g/mol. The molecule has 2 rings (SSSR count). The first-order valence-electron chi connectivity index (χ1n) is 7.95. The Morgan fingerprint density at radius 1 is 1.14 bits per heavy atom. The van der Waals surface area contributed by atoms with Crippen molar-refractivity contribution >= 4 is 11.9 Å². The van der Waals surface area contributed by atoms with Crippen LogP contribution >= 0.6 is 0 Å². The van der Waals surface area contributed by atoms with E-state index in [2.05, 4.69) is 16.8 Å². The van der Waals surface area contributed by atoms with Crippen LogP contribution in [0.3, 0.4) is 0 Å². The molecule has 1 amide bonds. The molecular weight excluding hydrogens is 270 g/mol. The molecule has 2 fully saturated rings. The lowest BCUT2D eigenvalue weighted by atomic mass is 9.98. The number of hydrogen-bond acceptors (Lipinski definition) is 5. The van der Waals surface area contributed by atoms with Crippen molar-refractivity contribution in [2.75, 3.05) is 59.5 Å². The van der Waals surface area contributed by atoms with Crippen molar-refractivity contribution in [3.8, 4) is 0 Å². The lowest BCUT2D eigenvalue weighted by Crippen LogP contribution is -2.51. The number of esters is 1. The smallest absolute Gasteiger partial charge is 0.310 e. The van der Waals surface area contributed by atoms with E-state index in [1.165, 1.54) is 0 Å². The van der Waals surface area contributed by atoms with E-state index < -0.39 is 0 Å². The molecular formula is C15H27N3O3. The average molecular weight is 297 g/mol. The molecule has 0 aromatic heterocycles. The Bertz CT molecular complexity index is 367. The summed E-state index contributed by atoms with van der Waals surface area (Å²) in [6, 6.07) is 0. The van der Waals surface area contributed by atoms with E-state index in [4.69, 9.17) is 4.74 Å². The molecule has 0 aliphatic carbocycles. The third kappa shape index (κ3) is 4.68. The molecule has 0 spiro atoms. The maximum atomic E-state index is 12.3. The van der Waals surface area contributed by atoms with Gasteiger partial charge in [0, 0.05) is 32.7 Å². The fraction of sp³-hybridized carbons (Fsp3) is 0.867. The van der Waals surface area contributed by atoms with Crippen molar-refractivity contribution in [1.82, 2.24) is 14.7 Å². The first-order chi connectivity index (χ1) is 10.1. The summed E-state index contributed by atoms with van der Waals surface area (Å²) in [6.07, 6.45) is 1.83. The summed E-state index contributed by atoms with van der Waals surface area (Å²) < 4.78 is 5.10. The fourth-order valence-corrected chi connectivity index (χ4v) is 3.00. The van der Waals surface area contributed by atoms with Gasteiger partial charge in [0.15, 0.2) is 0 Å². The van der Waals surface area contributed by atoms with Crippen LogP contribution < -0.4 is 0 Å². The minimum absolute atomic E-state index is 0.0704. The largest absolute Gasteiger partial charge is 0.466 e. The maximum absolute atomic E-state index is 12.3. The summed E-state index contributed by atoms with van der Waals surface area (Å²) >= 11 is 0. The summed E-state index contributed by atoms with van der Waals surface area (Å²) in [4.78, 5) is 30.4. The van der Waals surface area contributed by atoms with E-state index in [-0.39, 0.29) is 17.8 Å². The van der Waals surface area contributed by atoms with E-state index >= 15 is 0 Å². The predicted molar refractivity (Wildman–Crippen MR) is 79.9 cm³/mol. The van der Waals surface area contributed by atoms with Crippen LogP contribution in [0.2, 0.25) is 0 Å². The molecule has 21 heavy (non-hydrogen) atoms. The molecule has 120 valence electrons. The van der Waals surface area contributed by atoms with Crippen molar-refractivity contribution in [2.24, 2.45) is 5.92 Å².